The average Bonchev–Trinajstić information content (AvgIpc) is 2.39. The Labute approximate surface area is 116 Å². The Morgan fingerprint density at radius 3 is 3.11 bits per heavy atom. The Morgan fingerprint density at radius 2 is 2.39 bits per heavy atom. The lowest BCUT2D eigenvalue weighted by Gasteiger charge is -2.32. The summed E-state index contributed by atoms with van der Waals surface area (Å²) in [5.74, 6) is 0.190. The Balaban J connectivity index is 1.95. The first-order chi connectivity index (χ1) is 8.69. The van der Waals surface area contributed by atoms with Gasteiger partial charge in [0.2, 0.25) is 5.91 Å². The maximum atomic E-state index is 12.2. The third kappa shape index (κ3) is 3.56. The summed E-state index contributed by atoms with van der Waals surface area (Å²) in [6.07, 6.45) is 0.608. The third-order valence-corrected chi connectivity index (χ3v) is 3.82. The number of amides is 1. The highest BCUT2D eigenvalue weighted by Gasteiger charge is 2.23. The molecule has 18 heavy (non-hydrogen) atoms. The molecule has 0 aromatic heterocycles. The van der Waals surface area contributed by atoms with Gasteiger partial charge in [0.25, 0.3) is 0 Å². The van der Waals surface area contributed by atoms with Crippen molar-refractivity contribution in [1.29, 1.82) is 0 Å². The number of alkyl halides is 1. The number of carbonyl (C=O) groups excluding carboxylic acids is 1. The summed E-state index contributed by atoms with van der Waals surface area (Å²) >= 11 is 3.40. The predicted octanol–water partition coefficient (Wildman–Crippen LogP) is 2.16. The molecule has 0 spiro atoms. The number of carbonyl (C=O) groups is 1. The lowest BCUT2D eigenvalue weighted by molar-refractivity contribution is -0.137. The summed E-state index contributed by atoms with van der Waals surface area (Å²) in [4.78, 5) is 14.1. The molecule has 0 saturated carbocycles. The van der Waals surface area contributed by atoms with Crippen LogP contribution in [0.5, 0.6) is 0 Å². The Kier molecular flexibility index (Phi) is 4.78. The van der Waals surface area contributed by atoms with Crippen molar-refractivity contribution in [2.75, 3.05) is 25.0 Å². The minimum atomic E-state index is 0.125. The van der Waals surface area contributed by atoms with Crippen LogP contribution in [0.3, 0.4) is 0 Å². The SMILES string of the molecule is Cc1cccc(CC(=O)N2CCOC(CBr)C2)c1. The molecule has 4 heteroatoms. The zero-order valence-corrected chi connectivity index (χ0v) is 12.1. The molecule has 3 nitrogen and oxygen atoms in total. The number of hydrogen-bond donors (Lipinski definition) is 0. The van der Waals surface area contributed by atoms with Gasteiger partial charge in [0.05, 0.1) is 19.1 Å². The van der Waals surface area contributed by atoms with Gasteiger partial charge in [-0.3, -0.25) is 4.79 Å². The molecule has 1 aromatic rings. The highest BCUT2D eigenvalue weighted by Crippen LogP contribution is 2.11. The zero-order chi connectivity index (χ0) is 13.0. The van der Waals surface area contributed by atoms with Gasteiger partial charge in [-0.25, -0.2) is 0 Å². The number of aryl methyl sites for hydroxylation is 1. The van der Waals surface area contributed by atoms with Gasteiger partial charge < -0.3 is 9.64 Å². The maximum Gasteiger partial charge on any atom is 0.227 e. The molecule has 0 radical (unpaired) electrons. The monoisotopic (exact) mass is 311 g/mol. The molecule has 1 amide bonds. The summed E-state index contributed by atoms with van der Waals surface area (Å²) in [5.41, 5.74) is 2.28. The summed E-state index contributed by atoms with van der Waals surface area (Å²) < 4.78 is 5.54. The first kappa shape index (κ1) is 13.6. The molecule has 2 rings (SSSR count). The molecule has 1 aliphatic rings. The van der Waals surface area contributed by atoms with Crippen LogP contribution in [0.1, 0.15) is 11.1 Å². The van der Waals surface area contributed by atoms with Crippen LogP contribution in [0, 0.1) is 6.92 Å². The van der Waals surface area contributed by atoms with Gasteiger partial charge in [-0.05, 0) is 12.5 Å². The van der Waals surface area contributed by atoms with E-state index in [4.69, 9.17) is 4.74 Å². The molecule has 98 valence electrons. The van der Waals surface area contributed by atoms with Crippen LogP contribution < -0.4 is 0 Å². The summed E-state index contributed by atoms with van der Waals surface area (Å²) in [5, 5.41) is 0.779. The first-order valence-electron chi connectivity index (χ1n) is 6.20. The van der Waals surface area contributed by atoms with Gasteiger partial charge in [-0.15, -0.1) is 0 Å². The molecule has 1 heterocycles. The quantitative estimate of drug-likeness (QED) is 0.801. The minimum Gasteiger partial charge on any atom is -0.374 e. The standard InChI is InChI=1S/C14H18BrNO2/c1-11-3-2-4-12(7-11)8-14(17)16-5-6-18-13(9-15)10-16/h2-4,7,13H,5-6,8-10H2,1H3. The zero-order valence-electron chi connectivity index (χ0n) is 10.6. The van der Waals surface area contributed by atoms with E-state index in [0.29, 0.717) is 26.1 Å². The molecule has 1 fully saturated rings. The lowest BCUT2D eigenvalue weighted by Crippen LogP contribution is -2.46. The second-order valence-corrected chi connectivity index (χ2v) is 5.30. The van der Waals surface area contributed by atoms with Gasteiger partial charge in [-0.2, -0.15) is 0 Å². The fraction of sp³-hybridized carbons (Fsp3) is 0.500. The smallest absolute Gasteiger partial charge is 0.227 e. The van der Waals surface area contributed by atoms with Crippen LogP contribution in [-0.2, 0) is 16.0 Å². The van der Waals surface area contributed by atoms with E-state index in [0.717, 1.165) is 10.9 Å². The van der Waals surface area contributed by atoms with Crippen LogP contribution in [0.4, 0.5) is 0 Å². The predicted molar refractivity (Wildman–Crippen MR) is 75.0 cm³/mol. The number of rotatable bonds is 3. The van der Waals surface area contributed by atoms with Gasteiger partial charge in [0.1, 0.15) is 0 Å². The Hall–Kier alpha value is -0.870. The molecule has 1 aliphatic heterocycles. The van der Waals surface area contributed by atoms with Crippen LogP contribution in [0.25, 0.3) is 0 Å². The summed E-state index contributed by atoms with van der Waals surface area (Å²) in [6.45, 7) is 4.07. The fourth-order valence-electron chi connectivity index (χ4n) is 2.15. The second-order valence-electron chi connectivity index (χ2n) is 4.65. The van der Waals surface area contributed by atoms with Crippen molar-refractivity contribution in [1.82, 2.24) is 4.90 Å². The molecular weight excluding hydrogens is 294 g/mol. The number of morpholine rings is 1. The van der Waals surface area contributed by atoms with E-state index >= 15 is 0 Å². The van der Waals surface area contributed by atoms with E-state index in [9.17, 15) is 4.79 Å². The van der Waals surface area contributed by atoms with Crippen LogP contribution >= 0.6 is 15.9 Å². The fourth-order valence-corrected chi connectivity index (χ4v) is 2.54. The molecule has 1 saturated heterocycles. The van der Waals surface area contributed by atoms with Gasteiger partial charge in [-0.1, -0.05) is 45.8 Å². The molecule has 1 atom stereocenters. The third-order valence-electron chi connectivity index (χ3n) is 3.10. The van der Waals surface area contributed by atoms with E-state index in [2.05, 4.69) is 22.0 Å². The number of halogens is 1. The number of ether oxygens (including phenoxy) is 1. The van der Waals surface area contributed by atoms with Crippen molar-refractivity contribution in [3.63, 3.8) is 0 Å². The minimum absolute atomic E-state index is 0.125. The molecular formula is C14H18BrNO2. The van der Waals surface area contributed by atoms with Crippen molar-refractivity contribution < 1.29 is 9.53 Å². The van der Waals surface area contributed by atoms with Crippen molar-refractivity contribution in [3.8, 4) is 0 Å². The number of nitrogens with zero attached hydrogens (tertiary/aromatic N) is 1. The van der Waals surface area contributed by atoms with Crippen molar-refractivity contribution >= 4 is 21.8 Å². The van der Waals surface area contributed by atoms with Gasteiger partial charge in [0, 0.05) is 18.4 Å². The highest BCUT2D eigenvalue weighted by atomic mass is 79.9. The topological polar surface area (TPSA) is 29.5 Å². The van der Waals surface area contributed by atoms with Crippen LogP contribution in [-0.4, -0.2) is 41.9 Å². The molecule has 1 aromatic carbocycles. The molecule has 0 N–H and O–H groups in total. The molecule has 0 aliphatic carbocycles. The van der Waals surface area contributed by atoms with E-state index < -0.39 is 0 Å². The molecule has 0 bridgehead atoms. The maximum absolute atomic E-state index is 12.2. The van der Waals surface area contributed by atoms with Crippen molar-refractivity contribution in [2.45, 2.75) is 19.4 Å². The largest absolute Gasteiger partial charge is 0.374 e. The highest BCUT2D eigenvalue weighted by molar-refractivity contribution is 9.09. The van der Waals surface area contributed by atoms with Crippen molar-refractivity contribution in [3.05, 3.63) is 35.4 Å². The number of benzene rings is 1. The second kappa shape index (κ2) is 6.34. The van der Waals surface area contributed by atoms with E-state index in [1.54, 1.807) is 0 Å². The van der Waals surface area contributed by atoms with Crippen molar-refractivity contribution in [2.24, 2.45) is 0 Å². The van der Waals surface area contributed by atoms with Crippen LogP contribution in [0.2, 0.25) is 0 Å². The van der Waals surface area contributed by atoms with E-state index in [-0.39, 0.29) is 12.0 Å². The first-order valence-corrected chi connectivity index (χ1v) is 7.32. The lowest BCUT2D eigenvalue weighted by atomic mass is 10.1. The Bertz CT molecular complexity index is 422. The summed E-state index contributed by atoms with van der Waals surface area (Å²) in [6, 6.07) is 8.12. The number of hydrogen-bond acceptors (Lipinski definition) is 2. The van der Waals surface area contributed by atoms with E-state index in [1.165, 1.54) is 5.56 Å². The van der Waals surface area contributed by atoms with Crippen LogP contribution in [0.15, 0.2) is 24.3 Å². The Morgan fingerprint density at radius 1 is 1.56 bits per heavy atom. The normalized spacial score (nSPS) is 19.9. The summed E-state index contributed by atoms with van der Waals surface area (Å²) in [7, 11) is 0. The van der Waals surface area contributed by atoms with E-state index in [1.807, 2.05) is 30.0 Å². The van der Waals surface area contributed by atoms with Gasteiger partial charge in [0.15, 0.2) is 0 Å². The molecule has 1 unspecified atom stereocenters. The average molecular weight is 312 g/mol. The van der Waals surface area contributed by atoms with Gasteiger partial charge >= 0.3 is 0 Å².